The first-order valence-corrected chi connectivity index (χ1v) is 13.9. The van der Waals surface area contributed by atoms with Gasteiger partial charge in [-0.2, -0.15) is 0 Å². The number of piperidine rings is 1. The maximum atomic E-state index is 13.0. The van der Waals surface area contributed by atoms with E-state index in [9.17, 15) is 18.0 Å². The molecule has 1 saturated heterocycles. The van der Waals surface area contributed by atoms with Crippen LogP contribution in [0.25, 0.3) is 0 Å². The minimum atomic E-state index is -4.77. The number of hydrogen-bond donors (Lipinski definition) is 0. The molecule has 38 heavy (non-hydrogen) atoms. The number of rotatable bonds is 7. The number of alkyl halides is 3. The standard InChI is InChI=1S/C30H35ClF3NO3/c1-18(20(3)36)28(22-5-6-22)23-7-4-21-10-11-29(37-27(21)16-23)12-14-35(15-13-29)19(2)25-17-24(31)8-9-26(25)38-30(32,33)34/h4,7-9,16-19,22,28H,5-6,10-15H2,1-3H3/t18-,19+,28+/m1/s1. The number of nitrogens with zero attached hydrogens (tertiary/aromatic N) is 1. The highest BCUT2D eigenvalue weighted by Crippen LogP contribution is 2.49. The Morgan fingerprint density at radius 2 is 1.82 bits per heavy atom. The van der Waals surface area contributed by atoms with Crippen LogP contribution in [0.15, 0.2) is 36.4 Å². The fourth-order valence-corrected chi connectivity index (χ4v) is 6.52. The van der Waals surface area contributed by atoms with Gasteiger partial charge < -0.3 is 9.47 Å². The van der Waals surface area contributed by atoms with Crippen molar-refractivity contribution in [1.29, 1.82) is 0 Å². The van der Waals surface area contributed by atoms with Gasteiger partial charge in [0.2, 0.25) is 0 Å². The van der Waals surface area contributed by atoms with Gasteiger partial charge in [-0.25, -0.2) is 0 Å². The molecule has 1 aliphatic carbocycles. The molecular weight excluding hydrogens is 515 g/mol. The first kappa shape index (κ1) is 27.3. The Morgan fingerprint density at radius 3 is 2.45 bits per heavy atom. The zero-order valence-corrected chi connectivity index (χ0v) is 22.9. The van der Waals surface area contributed by atoms with E-state index in [0.29, 0.717) is 29.6 Å². The van der Waals surface area contributed by atoms with Crippen molar-refractivity contribution in [1.82, 2.24) is 4.90 Å². The molecule has 2 fully saturated rings. The fourth-order valence-electron chi connectivity index (χ4n) is 6.34. The average Bonchev–Trinajstić information content (AvgIpc) is 3.69. The van der Waals surface area contributed by atoms with Crippen molar-refractivity contribution >= 4 is 17.4 Å². The lowest BCUT2D eigenvalue weighted by atomic mass is 9.79. The number of carbonyl (C=O) groups excluding carboxylic acids is 1. The lowest BCUT2D eigenvalue weighted by molar-refractivity contribution is -0.275. The summed E-state index contributed by atoms with van der Waals surface area (Å²) in [6.45, 7) is 7.00. The van der Waals surface area contributed by atoms with E-state index >= 15 is 0 Å². The van der Waals surface area contributed by atoms with Crippen molar-refractivity contribution in [2.75, 3.05) is 13.1 Å². The van der Waals surface area contributed by atoms with Gasteiger partial charge in [0.15, 0.2) is 0 Å². The van der Waals surface area contributed by atoms with Crippen molar-refractivity contribution < 1.29 is 27.4 Å². The molecule has 0 radical (unpaired) electrons. The van der Waals surface area contributed by atoms with Crippen LogP contribution in [0, 0.1) is 11.8 Å². The molecule has 3 atom stereocenters. The van der Waals surface area contributed by atoms with Crippen LogP contribution >= 0.6 is 11.6 Å². The maximum absolute atomic E-state index is 13.0. The van der Waals surface area contributed by atoms with E-state index in [2.05, 4.69) is 27.8 Å². The topological polar surface area (TPSA) is 38.8 Å². The molecule has 1 spiro atoms. The van der Waals surface area contributed by atoms with E-state index in [1.165, 1.54) is 36.1 Å². The highest BCUT2D eigenvalue weighted by molar-refractivity contribution is 6.30. The molecule has 3 aliphatic rings. The summed E-state index contributed by atoms with van der Waals surface area (Å²) in [5.41, 5.74) is 2.53. The summed E-state index contributed by atoms with van der Waals surface area (Å²) in [5.74, 6) is 1.71. The van der Waals surface area contributed by atoms with Crippen LogP contribution in [0.1, 0.15) is 81.5 Å². The van der Waals surface area contributed by atoms with Crippen LogP contribution in [0.3, 0.4) is 0 Å². The Bertz CT molecular complexity index is 1190. The third-order valence-corrected chi connectivity index (χ3v) is 9.10. The van der Waals surface area contributed by atoms with Crippen LogP contribution < -0.4 is 9.47 Å². The lowest BCUT2D eigenvalue weighted by Crippen LogP contribution is -2.50. The molecule has 0 unspecified atom stereocenters. The molecule has 1 saturated carbocycles. The number of Topliss-reactive ketones (excluding diaryl/α,β-unsaturated/α-hetero) is 1. The summed E-state index contributed by atoms with van der Waals surface area (Å²) >= 11 is 6.14. The Balaban J connectivity index is 1.30. The Kier molecular flexibility index (Phi) is 7.46. The quantitative estimate of drug-likeness (QED) is 0.352. The van der Waals surface area contributed by atoms with Gasteiger partial charge in [0, 0.05) is 35.6 Å². The van der Waals surface area contributed by atoms with Crippen molar-refractivity contribution in [2.24, 2.45) is 11.8 Å². The largest absolute Gasteiger partial charge is 0.573 e. The molecule has 0 aromatic heterocycles. The van der Waals surface area contributed by atoms with E-state index < -0.39 is 6.36 Å². The number of benzene rings is 2. The second kappa shape index (κ2) is 10.4. The number of ketones is 1. The van der Waals surface area contributed by atoms with Crippen LogP contribution in [0.2, 0.25) is 5.02 Å². The number of aryl methyl sites for hydroxylation is 1. The molecule has 8 heteroatoms. The molecule has 4 nitrogen and oxygen atoms in total. The number of likely N-dealkylation sites (tertiary alicyclic amines) is 1. The van der Waals surface area contributed by atoms with Crippen LogP contribution in [0.4, 0.5) is 13.2 Å². The minimum absolute atomic E-state index is 0.0134. The third-order valence-electron chi connectivity index (χ3n) is 8.87. The normalized spacial score (nSPS) is 21.8. The first-order valence-electron chi connectivity index (χ1n) is 13.6. The molecule has 2 heterocycles. The smallest absolute Gasteiger partial charge is 0.487 e. The molecule has 2 aromatic rings. The lowest BCUT2D eigenvalue weighted by Gasteiger charge is -2.46. The van der Waals surface area contributed by atoms with Gasteiger partial charge in [-0.15, -0.1) is 13.2 Å². The Labute approximate surface area is 227 Å². The van der Waals surface area contributed by atoms with Crippen molar-refractivity contribution in [3.05, 3.63) is 58.1 Å². The van der Waals surface area contributed by atoms with Gasteiger partial charge >= 0.3 is 6.36 Å². The van der Waals surface area contributed by atoms with Gasteiger partial charge in [-0.3, -0.25) is 9.69 Å². The van der Waals surface area contributed by atoms with Crippen LogP contribution in [0.5, 0.6) is 11.5 Å². The molecule has 2 aliphatic heterocycles. The minimum Gasteiger partial charge on any atom is -0.487 e. The molecule has 0 bridgehead atoms. The molecule has 0 amide bonds. The van der Waals surface area contributed by atoms with Crippen LogP contribution in [-0.4, -0.2) is 35.7 Å². The monoisotopic (exact) mass is 549 g/mol. The van der Waals surface area contributed by atoms with E-state index in [-0.39, 0.29) is 35.0 Å². The van der Waals surface area contributed by atoms with Gasteiger partial charge in [0.05, 0.1) is 0 Å². The summed E-state index contributed by atoms with van der Waals surface area (Å²) in [4.78, 5) is 14.4. The van der Waals surface area contributed by atoms with Gasteiger partial charge in [-0.05, 0) is 99.6 Å². The summed E-state index contributed by atoms with van der Waals surface area (Å²) < 4.78 is 50.0. The summed E-state index contributed by atoms with van der Waals surface area (Å²) in [6.07, 6.45) is 0.981. The van der Waals surface area contributed by atoms with Crippen LogP contribution in [-0.2, 0) is 11.2 Å². The van der Waals surface area contributed by atoms with Gasteiger partial charge in [-0.1, -0.05) is 30.7 Å². The average molecular weight is 550 g/mol. The van der Waals surface area contributed by atoms with E-state index in [0.717, 1.165) is 31.4 Å². The number of hydrogen-bond acceptors (Lipinski definition) is 4. The number of carbonyl (C=O) groups is 1. The highest BCUT2D eigenvalue weighted by Gasteiger charge is 2.42. The second-order valence-corrected chi connectivity index (χ2v) is 11.8. The van der Waals surface area contributed by atoms with Crippen molar-refractivity contribution in [2.45, 2.75) is 83.2 Å². The predicted octanol–water partition coefficient (Wildman–Crippen LogP) is 7.88. The summed E-state index contributed by atoms with van der Waals surface area (Å²) in [6, 6.07) is 10.5. The Hall–Kier alpha value is -2.25. The van der Waals surface area contributed by atoms with Gasteiger partial charge in [0.25, 0.3) is 0 Å². The molecule has 5 rings (SSSR count). The predicted molar refractivity (Wildman–Crippen MR) is 141 cm³/mol. The molecule has 206 valence electrons. The van der Waals surface area contributed by atoms with E-state index in [1.54, 1.807) is 13.0 Å². The summed E-state index contributed by atoms with van der Waals surface area (Å²) in [7, 11) is 0. The third kappa shape index (κ3) is 5.84. The first-order chi connectivity index (χ1) is 17.9. The zero-order valence-electron chi connectivity index (χ0n) is 22.1. The Morgan fingerprint density at radius 1 is 1.11 bits per heavy atom. The molecular formula is C30H35ClF3NO3. The highest BCUT2D eigenvalue weighted by atomic mass is 35.5. The molecule has 0 N–H and O–H groups in total. The second-order valence-electron chi connectivity index (χ2n) is 11.4. The van der Waals surface area contributed by atoms with E-state index in [1.807, 2.05) is 13.8 Å². The number of halogens is 4. The zero-order chi connectivity index (χ0) is 27.2. The summed E-state index contributed by atoms with van der Waals surface area (Å²) in [5, 5.41) is 0.376. The fraction of sp³-hybridized carbons (Fsp3) is 0.567. The maximum Gasteiger partial charge on any atom is 0.573 e. The van der Waals surface area contributed by atoms with E-state index in [4.69, 9.17) is 16.3 Å². The van der Waals surface area contributed by atoms with Gasteiger partial charge in [0.1, 0.15) is 22.9 Å². The number of ether oxygens (including phenoxy) is 2. The molecule has 2 aromatic carbocycles. The van der Waals surface area contributed by atoms with Crippen molar-refractivity contribution in [3.8, 4) is 11.5 Å². The van der Waals surface area contributed by atoms with Crippen molar-refractivity contribution in [3.63, 3.8) is 0 Å². The number of fused-ring (bicyclic) bond motifs is 1. The SMILES string of the molecule is CC(=O)[C@@H](C)[C@H](c1ccc2c(c1)OC1(CC2)CCN([C@@H](C)c2cc(Cl)ccc2OC(F)(F)F)CC1)C1CC1.